The fourth-order valence-electron chi connectivity index (χ4n) is 4.69. The van der Waals surface area contributed by atoms with Gasteiger partial charge in [-0.05, 0) is 70.6 Å². The number of nitrogens with two attached hydrogens (primary N) is 2. The van der Waals surface area contributed by atoms with Crippen molar-refractivity contribution in [2.75, 3.05) is 0 Å². The van der Waals surface area contributed by atoms with Crippen molar-refractivity contribution in [2.24, 2.45) is 11.5 Å². The third-order valence-corrected chi connectivity index (χ3v) is 7.78. The number of carbonyl (C=O) groups is 2. The highest BCUT2D eigenvalue weighted by atomic mass is 16.4. The third kappa shape index (κ3) is 58.4. The summed E-state index contributed by atoms with van der Waals surface area (Å²) in [5.41, 5.74) is 10.1. The normalized spacial score (nSPS) is 11.1. The summed E-state index contributed by atoms with van der Waals surface area (Å²) < 4.78 is 0. The Bertz CT molecular complexity index is 585. The van der Waals surface area contributed by atoms with E-state index in [9.17, 15) is 9.59 Å². The van der Waals surface area contributed by atoms with E-state index in [1.807, 2.05) is 6.92 Å². The molecule has 0 atom stereocenters. The van der Waals surface area contributed by atoms with Crippen LogP contribution in [0, 0.1) is 0 Å². The van der Waals surface area contributed by atoms with E-state index in [1.54, 1.807) is 0 Å². The van der Waals surface area contributed by atoms with Gasteiger partial charge in [0.1, 0.15) is 0 Å². The lowest BCUT2D eigenvalue weighted by Crippen LogP contribution is -2.28. The van der Waals surface area contributed by atoms with E-state index < -0.39 is 11.9 Å². The molecule has 0 saturated heterocycles. The molecule has 0 aliphatic rings. The molecule has 0 radical (unpaired) electrons. The monoisotopic (exact) mass is 639 g/mol. The summed E-state index contributed by atoms with van der Waals surface area (Å²) in [6.45, 7) is 6.47. The Morgan fingerprint density at radius 3 is 0.889 bits per heavy atom. The van der Waals surface area contributed by atoms with Crippen molar-refractivity contribution < 1.29 is 19.8 Å². The van der Waals surface area contributed by atoms with Crippen molar-refractivity contribution >= 4 is 11.9 Å². The lowest BCUT2D eigenvalue weighted by molar-refractivity contribution is -0.138. The molecule has 268 valence electrons. The largest absolute Gasteiger partial charge is 0.481 e. The second-order valence-electron chi connectivity index (χ2n) is 12.5. The smallest absolute Gasteiger partial charge is 0.303 e. The van der Waals surface area contributed by atoms with Crippen LogP contribution in [0.4, 0.5) is 0 Å². The maximum Gasteiger partial charge on any atom is 0.303 e. The highest BCUT2D eigenvalue weighted by Crippen LogP contribution is 2.11. The van der Waals surface area contributed by atoms with Gasteiger partial charge < -0.3 is 21.7 Å². The van der Waals surface area contributed by atoms with Gasteiger partial charge in [0, 0.05) is 12.8 Å². The molecule has 0 aromatic rings. The standard InChI is InChI=1S/2C18H34O2.C3H10N2/c2*1-2-3-4-5-6-7-8-9-10-11-12-13-14-15-16-17-18(19)20;1-2-3(4)5/h2*9-10H,2-8,11-17H2,1H3,(H,19,20);3H,2,4-5H2,1H3/b2*10-9-;. The molecule has 6 nitrogen and oxygen atoms in total. The van der Waals surface area contributed by atoms with Gasteiger partial charge in [0.2, 0.25) is 0 Å². The summed E-state index contributed by atoms with van der Waals surface area (Å²) in [7, 11) is 0. The van der Waals surface area contributed by atoms with Crippen LogP contribution in [-0.4, -0.2) is 28.3 Å². The lowest BCUT2D eigenvalue weighted by atomic mass is 10.1. The van der Waals surface area contributed by atoms with Crippen LogP contribution >= 0.6 is 0 Å². The molecule has 0 heterocycles. The molecule has 0 unspecified atom stereocenters. The number of hydrogen-bond acceptors (Lipinski definition) is 4. The first-order chi connectivity index (χ1) is 21.8. The summed E-state index contributed by atoms with van der Waals surface area (Å²) in [5, 5.41) is 17.0. The quantitative estimate of drug-likeness (QED) is 0.0340. The number of aliphatic carboxylic acids is 2. The van der Waals surface area contributed by atoms with Gasteiger partial charge in [-0.1, -0.05) is 148 Å². The van der Waals surface area contributed by atoms with E-state index in [1.165, 1.54) is 141 Å². The fourth-order valence-corrected chi connectivity index (χ4v) is 4.69. The van der Waals surface area contributed by atoms with Crippen molar-refractivity contribution in [2.45, 2.75) is 213 Å². The van der Waals surface area contributed by atoms with Crippen LogP contribution in [0.1, 0.15) is 207 Å². The average molecular weight is 639 g/mol. The molecule has 0 amide bonds. The van der Waals surface area contributed by atoms with E-state index in [0.717, 1.165) is 32.1 Å². The first-order valence-electron chi connectivity index (χ1n) is 19.1. The zero-order chi connectivity index (χ0) is 34.1. The van der Waals surface area contributed by atoms with E-state index in [4.69, 9.17) is 21.7 Å². The van der Waals surface area contributed by atoms with Gasteiger partial charge in [-0.15, -0.1) is 0 Å². The van der Waals surface area contributed by atoms with Gasteiger partial charge in [-0.2, -0.15) is 0 Å². The van der Waals surface area contributed by atoms with E-state index >= 15 is 0 Å². The van der Waals surface area contributed by atoms with Gasteiger partial charge >= 0.3 is 11.9 Å². The summed E-state index contributed by atoms with van der Waals surface area (Å²) in [6.07, 6.45) is 43.2. The number of allylic oxidation sites excluding steroid dienone is 4. The number of unbranched alkanes of at least 4 members (excludes halogenated alkanes) is 22. The molecule has 0 aromatic heterocycles. The van der Waals surface area contributed by atoms with Crippen molar-refractivity contribution in [3.8, 4) is 0 Å². The van der Waals surface area contributed by atoms with Crippen LogP contribution in [0.5, 0.6) is 0 Å². The van der Waals surface area contributed by atoms with Crippen LogP contribution in [0.2, 0.25) is 0 Å². The minimum absolute atomic E-state index is 0.116. The molecule has 0 aliphatic carbocycles. The predicted octanol–water partition coefficient (Wildman–Crippen LogP) is 11.9. The van der Waals surface area contributed by atoms with E-state index in [0.29, 0.717) is 12.8 Å². The van der Waals surface area contributed by atoms with Gasteiger partial charge in [-0.3, -0.25) is 9.59 Å². The summed E-state index contributed by atoms with van der Waals surface area (Å²) in [5.74, 6) is -1.33. The van der Waals surface area contributed by atoms with Crippen molar-refractivity contribution in [1.29, 1.82) is 0 Å². The molecule has 0 bridgehead atoms. The first-order valence-corrected chi connectivity index (χ1v) is 19.1. The number of carboxylic acids is 2. The minimum atomic E-state index is -0.664. The Labute approximate surface area is 280 Å². The molecule has 0 aliphatic heterocycles. The SMILES string of the molecule is CCC(N)N.CCCCCCCC/C=C\CCCCCCCC(=O)O.CCCCCCCC/C=C\CCCCCCCC(=O)O. The zero-order valence-electron chi connectivity index (χ0n) is 30.3. The number of hydrogen-bond donors (Lipinski definition) is 4. The fraction of sp³-hybridized carbons (Fsp3) is 0.846. The zero-order valence-corrected chi connectivity index (χ0v) is 30.3. The summed E-state index contributed by atoms with van der Waals surface area (Å²) >= 11 is 0. The van der Waals surface area contributed by atoms with Crippen LogP contribution in [-0.2, 0) is 9.59 Å². The minimum Gasteiger partial charge on any atom is -0.481 e. The lowest BCUT2D eigenvalue weighted by Gasteiger charge is -1.99. The molecule has 0 spiro atoms. The number of rotatable bonds is 31. The molecule has 0 saturated carbocycles. The Kier molecular flexibility index (Phi) is 47.2. The molecular weight excluding hydrogens is 560 g/mol. The second kappa shape index (κ2) is 44.5. The van der Waals surface area contributed by atoms with Gasteiger partial charge in [0.15, 0.2) is 0 Å². The van der Waals surface area contributed by atoms with Crippen molar-refractivity contribution in [1.82, 2.24) is 0 Å². The van der Waals surface area contributed by atoms with E-state index in [2.05, 4.69) is 38.2 Å². The highest BCUT2D eigenvalue weighted by molar-refractivity contribution is 5.66. The molecular formula is C39H78N2O4. The molecule has 0 aromatic carbocycles. The van der Waals surface area contributed by atoms with Crippen molar-refractivity contribution in [3.63, 3.8) is 0 Å². The Balaban J connectivity index is -0.000000680. The van der Waals surface area contributed by atoms with Gasteiger partial charge in [0.25, 0.3) is 0 Å². The van der Waals surface area contributed by atoms with Crippen LogP contribution in [0.15, 0.2) is 24.3 Å². The molecule has 0 rings (SSSR count). The second-order valence-corrected chi connectivity index (χ2v) is 12.5. The van der Waals surface area contributed by atoms with E-state index in [-0.39, 0.29) is 6.17 Å². The van der Waals surface area contributed by atoms with Crippen molar-refractivity contribution in [3.05, 3.63) is 24.3 Å². The first kappa shape index (κ1) is 47.7. The molecule has 45 heavy (non-hydrogen) atoms. The molecule has 6 heteroatoms. The van der Waals surface area contributed by atoms with Crippen LogP contribution < -0.4 is 11.5 Å². The van der Waals surface area contributed by atoms with Crippen LogP contribution in [0.25, 0.3) is 0 Å². The van der Waals surface area contributed by atoms with Crippen LogP contribution in [0.3, 0.4) is 0 Å². The Morgan fingerprint density at radius 2 is 0.667 bits per heavy atom. The van der Waals surface area contributed by atoms with Gasteiger partial charge in [0.05, 0.1) is 6.17 Å². The summed E-state index contributed by atoms with van der Waals surface area (Å²) in [4.78, 5) is 20.6. The van der Waals surface area contributed by atoms with Gasteiger partial charge in [-0.25, -0.2) is 0 Å². The number of carboxylic acid groups (broad SMARTS) is 2. The average Bonchev–Trinajstić information content (AvgIpc) is 3.01. The summed E-state index contributed by atoms with van der Waals surface area (Å²) in [6, 6.07) is 0. The predicted molar refractivity (Wildman–Crippen MR) is 197 cm³/mol. The third-order valence-electron chi connectivity index (χ3n) is 7.78. The Morgan fingerprint density at radius 1 is 0.444 bits per heavy atom. The Hall–Kier alpha value is -1.66. The topological polar surface area (TPSA) is 127 Å². The maximum atomic E-state index is 10.3. The molecule has 6 N–H and O–H groups in total. The highest BCUT2D eigenvalue weighted by Gasteiger charge is 1.97. The maximum absolute atomic E-state index is 10.3. The molecule has 0 fully saturated rings.